The summed E-state index contributed by atoms with van der Waals surface area (Å²) in [6.45, 7) is 1.74. The standard InChI is InChI=1S/C22H20N6O2S/c1-14-18(22(23-2)31-27-14)21(30)25-24-20(29)17-13-28(16-11-7-4-8-12-16)26-19(17)15-9-5-3-6-10-15/h3-13,23H,1-2H3,(H,24,29)(H,25,30). The third-order valence-electron chi connectivity index (χ3n) is 4.63. The highest BCUT2D eigenvalue weighted by Gasteiger charge is 2.21. The zero-order valence-corrected chi connectivity index (χ0v) is 17.7. The van der Waals surface area contributed by atoms with Crippen LogP contribution < -0.4 is 16.2 Å². The van der Waals surface area contributed by atoms with Crippen molar-refractivity contribution in [2.75, 3.05) is 12.4 Å². The molecule has 4 aromatic rings. The Hall–Kier alpha value is -3.98. The number of aromatic nitrogens is 3. The molecule has 3 N–H and O–H groups in total. The van der Waals surface area contributed by atoms with Crippen LogP contribution in [0.5, 0.6) is 0 Å². The molecule has 8 nitrogen and oxygen atoms in total. The highest BCUT2D eigenvalue weighted by atomic mass is 32.1. The third kappa shape index (κ3) is 4.17. The summed E-state index contributed by atoms with van der Waals surface area (Å²) in [6.07, 6.45) is 1.65. The van der Waals surface area contributed by atoms with Crippen molar-refractivity contribution < 1.29 is 9.59 Å². The number of carbonyl (C=O) groups is 2. The minimum atomic E-state index is -0.471. The first-order valence-corrected chi connectivity index (χ1v) is 10.3. The van der Waals surface area contributed by atoms with Crippen LogP contribution in [0.25, 0.3) is 16.9 Å². The van der Waals surface area contributed by atoms with Crippen molar-refractivity contribution in [2.24, 2.45) is 0 Å². The number of hydrogen-bond acceptors (Lipinski definition) is 6. The van der Waals surface area contributed by atoms with Crippen molar-refractivity contribution in [3.05, 3.63) is 83.7 Å². The molecule has 0 atom stereocenters. The van der Waals surface area contributed by atoms with Crippen molar-refractivity contribution in [1.82, 2.24) is 25.0 Å². The van der Waals surface area contributed by atoms with Gasteiger partial charge in [0.1, 0.15) is 10.7 Å². The van der Waals surface area contributed by atoms with E-state index in [0.717, 1.165) is 11.3 Å². The van der Waals surface area contributed by atoms with Gasteiger partial charge in [0.2, 0.25) is 0 Å². The van der Waals surface area contributed by atoms with Gasteiger partial charge in [0.05, 0.1) is 22.5 Å². The molecule has 4 rings (SSSR count). The molecule has 2 aromatic carbocycles. The van der Waals surface area contributed by atoms with Gasteiger partial charge in [0.15, 0.2) is 0 Å². The van der Waals surface area contributed by atoms with Crippen LogP contribution in [-0.2, 0) is 0 Å². The molecule has 0 aliphatic carbocycles. The SMILES string of the molecule is CNc1snc(C)c1C(=O)NNC(=O)c1cn(-c2ccccc2)nc1-c1ccccc1. The Morgan fingerprint density at radius 3 is 2.26 bits per heavy atom. The van der Waals surface area contributed by atoms with Gasteiger partial charge in [-0.1, -0.05) is 48.5 Å². The average Bonchev–Trinajstić information content (AvgIpc) is 3.42. The highest BCUT2D eigenvalue weighted by molar-refractivity contribution is 7.10. The van der Waals surface area contributed by atoms with E-state index >= 15 is 0 Å². The van der Waals surface area contributed by atoms with Gasteiger partial charge in [-0.3, -0.25) is 20.4 Å². The Morgan fingerprint density at radius 1 is 0.935 bits per heavy atom. The topological polar surface area (TPSA) is 101 Å². The molecule has 0 radical (unpaired) electrons. The van der Waals surface area contributed by atoms with Gasteiger partial charge in [-0.2, -0.15) is 9.47 Å². The molecule has 156 valence electrons. The zero-order chi connectivity index (χ0) is 21.8. The molecule has 0 saturated heterocycles. The molecule has 2 heterocycles. The van der Waals surface area contributed by atoms with E-state index in [1.807, 2.05) is 60.7 Å². The van der Waals surface area contributed by atoms with Crippen molar-refractivity contribution in [1.29, 1.82) is 0 Å². The summed E-state index contributed by atoms with van der Waals surface area (Å²) in [7, 11) is 1.71. The Kier molecular flexibility index (Phi) is 5.76. The number of rotatable bonds is 5. The van der Waals surface area contributed by atoms with E-state index in [1.54, 1.807) is 24.9 Å². The second-order valence-corrected chi connectivity index (χ2v) is 7.44. The predicted molar refractivity (Wildman–Crippen MR) is 120 cm³/mol. The highest BCUT2D eigenvalue weighted by Crippen LogP contribution is 2.25. The van der Waals surface area contributed by atoms with E-state index in [2.05, 4.69) is 25.6 Å². The van der Waals surface area contributed by atoms with Crippen molar-refractivity contribution in [2.45, 2.75) is 6.92 Å². The number of aryl methyl sites for hydroxylation is 1. The van der Waals surface area contributed by atoms with E-state index < -0.39 is 11.8 Å². The van der Waals surface area contributed by atoms with Gasteiger partial charge in [-0.15, -0.1) is 0 Å². The summed E-state index contributed by atoms with van der Waals surface area (Å²) < 4.78 is 5.82. The largest absolute Gasteiger partial charge is 0.378 e. The monoisotopic (exact) mass is 432 g/mol. The average molecular weight is 433 g/mol. The first-order chi connectivity index (χ1) is 15.1. The van der Waals surface area contributed by atoms with Crippen LogP contribution in [0.15, 0.2) is 66.9 Å². The molecule has 0 bridgehead atoms. The molecule has 0 fully saturated rings. The lowest BCUT2D eigenvalue weighted by atomic mass is 10.1. The van der Waals surface area contributed by atoms with Crippen LogP contribution in [0.3, 0.4) is 0 Å². The number of carbonyl (C=O) groups excluding carboxylic acids is 2. The molecule has 0 spiro atoms. The fourth-order valence-electron chi connectivity index (χ4n) is 3.11. The second-order valence-electron chi connectivity index (χ2n) is 6.67. The van der Waals surface area contributed by atoms with E-state index in [9.17, 15) is 9.59 Å². The van der Waals surface area contributed by atoms with Crippen LogP contribution in [0, 0.1) is 6.92 Å². The minimum absolute atomic E-state index is 0.337. The van der Waals surface area contributed by atoms with Crippen LogP contribution in [-0.4, -0.2) is 33.0 Å². The number of anilines is 1. The lowest BCUT2D eigenvalue weighted by Crippen LogP contribution is -2.42. The molecular weight excluding hydrogens is 412 g/mol. The Bertz CT molecular complexity index is 1220. The number of hydrazine groups is 1. The maximum atomic E-state index is 13.0. The van der Waals surface area contributed by atoms with E-state index in [-0.39, 0.29) is 0 Å². The lowest BCUT2D eigenvalue weighted by molar-refractivity contribution is 0.0847. The van der Waals surface area contributed by atoms with E-state index in [0.29, 0.717) is 27.5 Å². The van der Waals surface area contributed by atoms with Crippen LogP contribution in [0.4, 0.5) is 5.00 Å². The van der Waals surface area contributed by atoms with Gasteiger partial charge in [-0.05, 0) is 30.6 Å². The van der Waals surface area contributed by atoms with Gasteiger partial charge in [0.25, 0.3) is 11.8 Å². The van der Waals surface area contributed by atoms with Crippen molar-refractivity contribution >= 4 is 28.3 Å². The zero-order valence-electron chi connectivity index (χ0n) is 16.9. The number of nitrogens with one attached hydrogen (secondary N) is 3. The van der Waals surface area contributed by atoms with Gasteiger partial charge in [0, 0.05) is 18.8 Å². The Morgan fingerprint density at radius 2 is 1.58 bits per heavy atom. The molecule has 0 aliphatic heterocycles. The van der Waals surface area contributed by atoms with Gasteiger partial charge >= 0.3 is 0 Å². The van der Waals surface area contributed by atoms with Crippen molar-refractivity contribution in [3.8, 4) is 16.9 Å². The Balaban J connectivity index is 1.62. The van der Waals surface area contributed by atoms with Crippen LogP contribution in [0.1, 0.15) is 26.4 Å². The maximum absolute atomic E-state index is 13.0. The smallest absolute Gasteiger partial charge is 0.274 e. The first kappa shape index (κ1) is 20.3. The summed E-state index contributed by atoms with van der Waals surface area (Å²) in [5.41, 5.74) is 8.43. The second kappa shape index (κ2) is 8.80. The summed E-state index contributed by atoms with van der Waals surface area (Å²) in [6, 6.07) is 18.9. The summed E-state index contributed by atoms with van der Waals surface area (Å²) in [5, 5.41) is 8.18. The first-order valence-electron chi connectivity index (χ1n) is 9.53. The number of nitrogens with zero attached hydrogens (tertiary/aromatic N) is 3. The van der Waals surface area contributed by atoms with Crippen LogP contribution in [0.2, 0.25) is 0 Å². The molecule has 9 heteroatoms. The molecule has 2 aromatic heterocycles. The third-order valence-corrected chi connectivity index (χ3v) is 5.59. The van der Waals surface area contributed by atoms with Gasteiger partial charge < -0.3 is 5.32 Å². The minimum Gasteiger partial charge on any atom is -0.378 e. The number of para-hydroxylation sites is 1. The lowest BCUT2D eigenvalue weighted by Gasteiger charge is -2.08. The fourth-order valence-corrected chi connectivity index (χ4v) is 3.86. The van der Waals surface area contributed by atoms with Gasteiger partial charge in [-0.25, -0.2) is 4.68 Å². The number of hydrogen-bond donors (Lipinski definition) is 3. The quantitative estimate of drug-likeness (QED) is 0.420. The molecular formula is C22H20N6O2S. The van der Waals surface area contributed by atoms with E-state index in [1.165, 1.54) is 11.5 Å². The number of benzene rings is 2. The summed E-state index contributed by atoms with van der Waals surface area (Å²) in [5.74, 6) is -0.915. The fraction of sp³-hybridized carbons (Fsp3) is 0.0909. The van der Waals surface area contributed by atoms with E-state index in [4.69, 9.17) is 0 Å². The summed E-state index contributed by atoms with van der Waals surface area (Å²) >= 11 is 1.19. The molecule has 0 aliphatic rings. The van der Waals surface area contributed by atoms with Crippen LogP contribution >= 0.6 is 11.5 Å². The molecule has 2 amide bonds. The molecule has 31 heavy (non-hydrogen) atoms. The Labute approximate surface area is 183 Å². The maximum Gasteiger partial charge on any atom is 0.274 e. The summed E-state index contributed by atoms with van der Waals surface area (Å²) in [4.78, 5) is 25.6. The predicted octanol–water partition coefficient (Wildman–Crippen LogP) is 3.42. The normalized spacial score (nSPS) is 10.5. The van der Waals surface area contributed by atoms with Crippen molar-refractivity contribution in [3.63, 3.8) is 0 Å². The number of amides is 2. The molecule has 0 saturated carbocycles. The molecule has 0 unspecified atom stereocenters.